The molecule has 4 heterocycles. The van der Waals surface area contributed by atoms with Gasteiger partial charge in [0.15, 0.2) is 17.5 Å². The minimum Gasteiger partial charge on any atom is -0.477 e. The fourth-order valence-corrected chi connectivity index (χ4v) is 4.70. The quantitative estimate of drug-likeness (QED) is 0.641. The van der Waals surface area contributed by atoms with Crippen molar-refractivity contribution in [3.63, 3.8) is 0 Å². The summed E-state index contributed by atoms with van der Waals surface area (Å²) in [7, 11) is 0. The first-order valence-corrected chi connectivity index (χ1v) is 10.7. The van der Waals surface area contributed by atoms with E-state index in [0.717, 1.165) is 44.4 Å². The summed E-state index contributed by atoms with van der Waals surface area (Å²) >= 11 is 0. The number of halogens is 3. The van der Waals surface area contributed by atoms with Crippen LogP contribution in [0.2, 0.25) is 0 Å². The van der Waals surface area contributed by atoms with E-state index in [9.17, 15) is 13.2 Å². The molecule has 1 aliphatic carbocycles. The second-order valence-electron chi connectivity index (χ2n) is 8.57. The summed E-state index contributed by atoms with van der Waals surface area (Å²) in [4.78, 5) is 15.3. The van der Waals surface area contributed by atoms with Crippen LogP contribution in [-0.4, -0.2) is 56.0 Å². The first-order valence-electron chi connectivity index (χ1n) is 10.7. The molecule has 1 saturated carbocycles. The predicted molar refractivity (Wildman–Crippen MR) is 112 cm³/mol. The second-order valence-corrected chi connectivity index (χ2v) is 8.57. The molecule has 0 spiro atoms. The number of nitrogens with zero attached hydrogens (tertiary/aromatic N) is 6. The minimum absolute atomic E-state index is 0.0507. The molecule has 2 fully saturated rings. The molecule has 11 heteroatoms. The van der Waals surface area contributed by atoms with E-state index in [4.69, 9.17) is 4.74 Å². The summed E-state index contributed by atoms with van der Waals surface area (Å²) in [6.45, 7) is 4.67. The van der Waals surface area contributed by atoms with Gasteiger partial charge in [-0.15, -0.1) is 5.10 Å². The molecule has 1 aliphatic heterocycles. The topological polar surface area (TPSA) is 80.5 Å². The first kappa shape index (κ1) is 20.8. The van der Waals surface area contributed by atoms with E-state index in [-0.39, 0.29) is 17.4 Å². The van der Waals surface area contributed by atoms with Crippen LogP contribution in [0.1, 0.15) is 25.5 Å². The lowest BCUT2D eigenvalue weighted by atomic mass is 9.92. The van der Waals surface area contributed by atoms with E-state index in [0.29, 0.717) is 17.8 Å². The van der Waals surface area contributed by atoms with Crippen LogP contribution in [0.25, 0.3) is 5.65 Å². The summed E-state index contributed by atoms with van der Waals surface area (Å²) in [5.41, 5.74) is 1.20. The summed E-state index contributed by atoms with van der Waals surface area (Å²) < 4.78 is 45.4. The Morgan fingerprint density at radius 3 is 2.62 bits per heavy atom. The van der Waals surface area contributed by atoms with Gasteiger partial charge in [-0.1, -0.05) is 0 Å². The summed E-state index contributed by atoms with van der Waals surface area (Å²) in [6, 6.07) is 5.27. The van der Waals surface area contributed by atoms with Gasteiger partial charge in [0.25, 0.3) is 0 Å². The zero-order chi connectivity index (χ0) is 22.5. The highest BCUT2D eigenvalue weighted by molar-refractivity contribution is 5.56. The third-order valence-electron chi connectivity index (χ3n) is 6.33. The van der Waals surface area contributed by atoms with Gasteiger partial charge in [-0.05, 0) is 50.7 Å². The average molecular weight is 447 g/mol. The molecule has 3 aromatic rings. The Hall–Kier alpha value is -3.11. The maximum atomic E-state index is 12.9. The monoisotopic (exact) mass is 447 g/mol. The van der Waals surface area contributed by atoms with Crippen molar-refractivity contribution < 1.29 is 17.9 Å². The van der Waals surface area contributed by atoms with Gasteiger partial charge in [0.2, 0.25) is 5.95 Å². The van der Waals surface area contributed by atoms with Crippen molar-refractivity contribution in [3.05, 3.63) is 36.4 Å². The summed E-state index contributed by atoms with van der Waals surface area (Å²) in [5, 5.41) is 7.87. The van der Waals surface area contributed by atoms with Crippen LogP contribution in [0.4, 0.5) is 24.9 Å². The number of rotatable bonds is 5. The Labute approximate surface area is 182 Å². The second kappa shape index (κ2) is 7.79. The van der Waals surface area contributed by atoms with Crippen molar-refractivity contribution in [2.24, 2.45) is 11.8 Å². The number of aryl methyl sites for hydroxylation is 1. The van der Waals surface area contributed by atoms with Gasteiger partial charge >= 0.3 is 6.18 Å². The fraction of sp³-hybridized carbons (Fsp3) is 0.524. The van der Waals surface area contributed by atoms with Gasteiger partial charge < -0.3 is 15.0 Å². The Bertz CT molecular complexity index is 1100. The minimum atomic E-state index is -4.46. The molecule has 2 bridgehead atoms. The number of hydrogen-bond donors (Lipinski definition) is 1. The predicted octanol–water partition coefficient (Wildman–Crippen LogP) is 3.48. The van der Waals surface area contributed by atoms with Crippen LogP contribution in [0.5, 0.6) is 5.75 Å². The number of anilines is 2. The summed E-state index contributed by atoms with van der Waals surface area (Å²) in [6.07, 6.45) is -0.970. The molecule has 0 radical (unpaired) electrons. The van der Waals surface area contributed by atoms with E-state index < -0.39 is 12.3 Å². The number of pyridine rings is 1. The molecule has 0 aromatic carbocycles. The lowest BCUT2D eigenvalue weighted by Crippen LogP contribution is -2.48. The number of ether oxygens (including phenoxy) is 1. The van der Waals surface area contributed by atoms with E-state index in [1.165, 1.54) is 10.6 Å². The Morgan fingerprint density at radius 1 is 1.19 bits per heavy atom. The van der Waals surface area contributed by atoms with Gasteiger partial charge in [-0.25, -0.2) is 14.5 Å². The van der Waals surface area contributed by atoms with E-state index in [1.807, 2.05) is 13.0 Å². The number of fused-ring (bicyclic) bond motifs is 3. The van der Waals surface area contributed by atoms with Gasteiger partial charge in [0, 0.05) is 37.1 Å². The van der Waals surface area contributed by atoms with Crippen molar-refractivity contribution in [2.45, 2.75) is 45.0 Å². The molecule has 1 N–H and O–H groups in total. The summed E-state index contributed by atoms with van der Waals surface area (Å²) in [5.74, 6) is 2.19. The highest BCUT2D eigenvalue weighted by Crippen LogP contribution is 2.39. The molecule has 3 aromatic heterocycles. The lowest BCUT2D eigenvalue weighted by Gasteiger charge is -2.38. The fourth-order valence-electron chi connectivity index (χ4n) is 4.70. The van der Waals surface area contributed by atoms with Crippen molar-refractivity contribution in [2.75, 3.05) is 23.3 Å². The largest absolute Gasteiger partial charge is 0.477 e. The highest BCUT2D eigenvalue weighted by Gasteiger charge is 2.43. The maximum Gasteiger partial charge on any atom is 0.425 e. The number of piperidine rings is 1. The van der Waals surface area contributed by atoms with Crippen molar-refractivity contribution >= 4 is 17.4 Å². The molecule has 32 heavy (non-hydrogen) atoms. The number of hydrogen-bond acceptors (Lipinski definition) is 7. The zero-order valence-electron chi connectivity index (χ0n) is 17.8. The molecule has 0 amide bonds. The SMILES string of the molecule is Cc1cc(N2C[C@H]3CC[C@@H](C2)[C@@H]3Nc2nc3c(OC(C)C(F)(F)F)cccn3n2)ncn1. The normalized spacial score (nSPS) is 24.0. The number of aromatic nitrogens is 5. The zero-order valence-corrected chi connectivity index (χ0v) is 17.8. The molecule has 2 aliphatic rings. The third kappa shape index (κ3) is 3.91. The van der Waals surface area contributed by atoms with Crippen LogP contribution in [0.3, 0.4) is 0 Å². The van der Waals surface area contributed by atoms with Crippen LogP contribution in [-0.2, 0) is 0 Å². The lowest BCUT2D eigenvalue weighted by molar-refractivity contribution is -0.189. The average Bonchev–Trinajstić information content (AvgIpc) is 3.24. The van der Waals surface area contributed by atoms with Crippen LogP contribution in [0.15, 0.2) is 30.7 Å². The Morgan fingerprint density at radius 2 is 1.94 bits per heavy atom. The van der Waals surface area contributed by atoms with Crippen molar-refractivity contribution in [1.82, 2.24) is 24.6 Å². The van der Waals surface area contributed by atoms with Gasteiger partial charge in [0.1, 0.15) is 12.1 Å². The van der Waals surface area contributed by atoms with Crippen molar-refractivity contribution in [3.8, 4) is 5.75 Å². The standard InChI is InChI=1S/C21H24F3N7O/c1-12-8-17(26-11-25-12)30-9-14-5-6-15(10-30)18(14)27-20-28-19-16(4-3-7-31(19)29-20)32-13(2)21(22,23)24/h3-4,7-8,11,13-15,18H,5-6,9-10H2,1-2H3,(H,27,29)/t13?,14-,15+,18-. The molecule has 8 nitrogen and oxygen atoms in total. The van der Waals surface area contributed by atoms with Gasteiger partial charge in [-0.3, -0.25) is 0 Å². The molecule has 1 unspecified atom stereocenters. The van der Waals surface area contributed by atoms with Crippen LogP contribution >= 0.6 is 0 Å². The number of nitrogens with one attached hydrogen (secondary N) is 1. The Kier molecular flexibility index (Phi) is 5.06. The van der Waals surface area contributed by atoms with E-state index in [2.05, 4.69) is 30.3 Å². The molecular formula is C21H24F3N7O. The molecule has 4 atom stereocenters. The first-order chi connectivity index (χ1) is 15.3. The van der Waals surface area contributed by atoms with E-state index in [1.54, 1.807) is 18.6 Å². The Balaban J connectivity index is 1.33. The number of alkyl halides is 3. The van der Waals surface area contributed by atoms with Crippen molar-refractivity contribution in [1.29, 1.82) is 0 Å². The smallest absolute Gasteiger partial charge is 0.425 e. The van der Waals surface area contributed by atoms with Gasteiger partial charge in [0.05, 0.1) is 0 Å². The molecule has 5 rings (SSSR count). The van der Waals surface area contributed by atoms with Gasteiger partial charge in [-0.2, -0.15) is 18.2 Å². The van der Waals surface area contributed by atoms with Crippen LogP contribution in [0, 0.1) is 18.8 Å². The molecule has 170 valence electrons. The van der Waals surface area contributed by atoms with Crippen LogP contribution < -0.4 is 15.0 Å². The van der Waals surface area contributed by atoms with E-state index >= 15 is 0 Å². The third-order valence-corrected chi connectivity index (χ3v) is 6.33. The molecule has 1 saturated heterocycles. The molecular weight excluding hydrogens is 423 g/mol. The maximum absolute atomic E-state index is 12.9. The highest BCUT2D eigenvalue weighted by atomic mass is 19.4.